The predicted molar refractivity (Wildman–Crippen MR) is 66.4 cm³/mol. The van der Waals surface area contributed by atoms with Gasteiger partial charge in [-0.1, -0.05) is 12.1 Å². The maximum atomic E-state index is 12.1. The summed E-state index contributed by atoms with van der Waals surface area (Å²) in [6, 6.07) is 1.97. The third-order valence-corrected chi connectivity index (χ3v) is 3.88. The van der Waals surface area contributed by atoms with Crippen LogP contribution in [0, 0.1) is 5.92 Å². The van der Waals surface area contributed by atoms with Crippen LogP contribution in [0.25, 0.3) is 0 Å². The van der Waals surface area contributed by atoms with Crippen molar-refractivity contribution in [2.24, 2.45) is 5.92 Å². The van der Waals surface area contributed by atoms with Crippen LogP contribution >= 0.6 is 0 Å². The summed E-state index contributed by atoms with van der Waals surface area (Å²) in [5.74, 6) is 1.74. The van der Waals surface area contributed by atoms with Gasteiger partial charge in [-0.25, -0.2) is 0 Å². The lowest BCUT2D eigenvalue weighted by Gasteiger charge is -2.29. The van der Waals surface area contributed by atoms with Crippen LogP contribution in [0.5, 0.6) is 0 Å². The van der Waals surface area contributed by atoms with E-state index in [2.05, 4.69) is 22.7 Å². The Morgan fingerprint density at radius 1 is 1.50 bits per heavy atom. The van der Waals surface area contributed by atoms with Crippen LogP contribution in [0.15, 0.2) is 10.6 Å². The lowest BCUT2D eigenvalue weighted by atomic mass is 9.95. The van der Waals surface area contributed by atoms with Gasteiger partial charge in [0.05, 0.1) is 0 Å². The van der Waals surface area contributed by atoms with E-state index in [1.807, 2.05) is 0 Å². The van der Waals surface area contributed by atoms with E-state index in [1.165, 1.54) is 0 Å². The number of rotatable bonds is 3. The van der Waals surface area contributed by atoms with E-state index in [-0.39, 0.29) is 11.9 Å². The molecular formula is C13H19N3O2. The minimum Gasteiger partial charge on any atom is -0.360 e. The SMILES string of the molecule is CC1CCNCC1NC(=O)c1cc(C2CC2)on1. The summed E-state index contributed by atoms with van der Waals surface area (Å²) >= 11 is 0. The van der Waals surface area contributed by atoms with Gasteiger partial charge in [-0.05, 0) is 31.7 Å². The molecule has 5 heteroatoms. The molecule has 98 valence electrons. The molecule has 1 aromatic heterocycles. The van der Waals surface area contributed by atoms with Gasteiger partial charge in [0, 0.05) is 24.6 Å². The van der Waals surface area contributed by atoms with E-state index in [0.717, 1.165) is 38.1 Å². The van der Waals surface area contributed by atoms with Crippen molar-refractivity contribution in [2.45, 2.75) is 38.1 Å². The molecule has 1 saturated carbocycles. The molecule has 2 heterocycles. The number of carbonyl (C=O) groups is 1. The molecule has 0 radical (unpaired) electrons. The van der Waals surface area contributed by atoms with Crippen LogP contribution in [0.3, 0.4) is 0 Å². The highest BCUT2D eigenvalue weighted by atomic mass is 16.5. The van der Waals surface area contributed by atoms with E-state index in [1.54, 1.807) is 6.07 Å². The standard InChI is InChI=1S/C13H19N3O2/c1-8-4-5-14-7-11(8)15-13(17)10-6-12(18-16-10)9-2-3-9/h6,8-9,11,14H,2-5,7H2,1H3,(H,15,17). The van der Waals surface area contributed by atoms with Crippen molar-refractivity contribution in [3.63, 3.8) is 0 Å². The predicted octanol–water partition coefficient (Wildman–Crippen LogP) is 1.28. The first-order chi connectivity index (χ1) is 8.74. The number of carbonyl (C=O) groups excluding carboxylic acids is 1. The molecule has 1 aromatic rings. The maximum Gasteiger partial charge on any atom is 0.273 e. The maximum absolute atomic E-state index is 12.1. The molecule has 0 spiro atoms. The second-order valence-corrected chi connectivity index (χ2v) is 5.44. The highest BCUT2D eigenvalue weighted by molar-refractivity contribution is 5.92. The Kier molecular flexibility index (Phi) is 3.07. The van der Waals surface area contributed by atoms with Crippen molar-refractivity contribution in [1.82, 2.24) is 15.8 Å². The molecule has 2 fully saturated rings. The van der Waals surface area contributed by atoms with Crippen LogP contribution < -0.4 is 10.6 Å². The number of hydrogen-bond donors (Lipinski definition) is 2. The summed E-state index contributed by atoms with van der Waals surface area (Å²) in [6.45, 7) is 4.04. The number of nitrogens with zero attached hydrogens (tertiary/aromatic N) is 1. The minimum absolute atomic E-state index is 0.119. The summed E-state index contributed by atoms with van der Waals surface area (Å²) in [5, 5.41) is 10.2. The fourth-order valence-electron chi connectivity index (χ4n) is 2.38. The quantitative estimate of drug-likeness (QED) is 0.847. The lowest BCUT2D eigenvalue weighted by molar-refractivity contribution is 0.0906. The third kappa shape index (κ3) is 2.41. The summed E-state index contributed by atoms with van der Waals surface area (Å²) in [7, 11) is 0. The number of hydrogen-bond acceptors (Lipinski definition) is 4. The van der Waals surface area contributed by atoms with Crippen LogP contribution in [-0.2, 0) is 0 Å². The smallest absolute Gasteiger partial charge is 0.273 e. The number of aromatic nitrogens is 1. The Hall–Kier alpha value is -1.36. The van der Waals surface area contributed by atoms with Gasteiger partial charge in [-0.15, -0.1) is 0 Å². The Morgan fingerprint density at radius 3 is 3.06 bits per heavy atom. The van der Waals surface area contributed by atoms with Crippen molar-refractivity contribution in [1.29, 1.82) is 0 Å². The molecule has 2 atom stereocenters. The van der Waals surface area contributed by atoms with Crippen LogP contribution in [0.4, 0.5) is 0 Å². The van der Waals surface area contributed by atoms with Gasteiger partial charge in [-0.3, -0.25) is 4.79 Å². The molecule has 5 nitrogen and oxygen atoms in total. The topological polar surface area (TPSA) is 67.2 Å². The van der Waals surface area contributed by atoms with E-state index in [4.69, 9.17) is 4.52 Å². The zero-order valence-corrected chi connectivity index (χ0v) is 10.6. The molecule has 1 aliphatic heterocycles. The summed E-state index contributed by atoms with van der Waals surface area (Å²) in [4.78, 5) is 12.1. The second-order valence-electron chi connectivity index (χ2n) is 5.44. The first-order valence-electron chi connectivity index (χ1n) is 6.72. The highest BCUT2D eigenvalue weighted by Gasteiger charge is 2.30. The van der Waals surface area contributed by atoms with E-state index < -0.39 is 0 Å². The second kappa shape index (κ2) is 4.72. The van der Waals surface area contributed by atoms with Gasteiger partial charge < -0.3 is 15.2 Å². The van der Waals surface area contributed by atoms with Crippen LogP contribution in [0.2, 0.25) is 0 Å². The van der Waals surface area contributed by atoms with Crippen LogP contribution in [-0.4, -0.2) is 30.2 Å². The zero-order chi connectivity index (χ0) is 12.5. The van der Waals surface area contributed by atoms with Gasteiger partial charge in [0.25, 0.3) is 5.91 Å². The number of amides is 1. The van der Waals surface area contributed by atoms with Gasteiger partial charge >= 0.3 is 0 Å². The molecule has 2 unspecified atom stereocenters. The molecular weight excluding hydrogens is 230 g/mol. The first-order valence-corrected chi connectivity index (χ1v) is 6.72. The van der Waals surface area contributed by atoms with Gasteiger partial charge in [0.2, 0.25) is 0 Å². The normalized spacial score (nSPS) is 28.1. The molecule has 0 bridgehead atoms. The largest absolute Gasteiger partial charge is 0.360 e. The number of nitrogens with one attached hydrogen (secondary N) is 2. The molecule has 0 aromatic carbocycles. The molecule has 18 heavy (non-hydrogen) atoms. The Morgan fingerprint density at radius 2 is 2.33 bits per heavy atom. The fraction of sp³-hybridized carbons (Fsp3) is 0.692. The Balaban J connectivity index is 1.62. The van der Waals surface area contributed by atoms with Crippen molar-refractivity contribution in [3.05, 3.63) is 17.5 Å². The Bertz CT molecular complexity index is 439. The van der Waals surface area contributed by atoms with Gasteiger partial charge in [0.1, 0.15) is 5.76 Å². The molecule has 2 aliphatic rings. The molecule has 1 amide bonds. The highest BCUT2D eigenvalue weighted by Crippen LogP contribution is 2.40. The van der Waals surface area contributed by atoms with Crippen molar-refractivity contribution >= 4 is 5.91 Å². The summed E-state index contributed by atoms with van der Waals surface area (Å²) in [6.07, 6.45) is 3.40. The lowest BCUT2D eigenvalue weighted by Crippen LogP contribution is -2.50. The molecule has 1 saturated heterocycles. The van der Waals surface area contributed by atoms with Gasteiger partial charge in [0.15, 0.2) is 5.69 Å². The monoisotopic (exact) mass is 249 g/mol. The van der Waals surface area contributed by atoms with Crippen molar-refractivity contribution < 1.29 is 9.32 Å². The van der Waals surface area contributed by atoms with Gasteiger partial charge in [-0.2, -0.15) is 0 Å². The van der Waals surface area contributed by atoms with E-state index >= 15 is 0 Å². The fourth-order valence-corrected chi connectivity index (χ4v) is 2.38. The minimum atomic E-state index is -0.119. The average molecular weight is 249 g/mol. The molecule has 2 N–H and O–H groups in total. The first kappa shape index (κ1) is 11.7. The summed E-state index contributed by atoms with van der Waals surface area (Å²) < 4.78 is 5.20. The molecule has 1 aliphatic carbocycles. The number of piperidine rings is 1. The van der Waals surface area contributed by atoms with Crippen molar-refractivity contribution in [3.8, 4) is 0 Å². The average Bonchev–Trinajstić information content (AvgIpc) is 3.10. The van der Waals surface area contributed by atoms with Crippen LogP contribution in [0.1, 0.15) is 48.4 Å². The molecule has 3 rings (SSSR count). The summed E-state index contributed by atoms with van der Waals surface area (Å²) in [5.41, 5.74) is 0.412. The zero-order valence-electron chi connectivity index (χ0n) is 10.6. The Labute approximate surface area is 106 Å². The van der Waals surface area contributed by atoms with E-state index in [9.17, 15) is 4.79 Å². The van der Waals surface area contributed by atoms with E-state index in [0.29, 0.717) is 17.5 Å². The third-order valence-electron chi connectivity index (χ3n) is 3.88. The van der Waals surface area contributed by atoms with Crippen molar-refractivity contribution in [2.75, 3.05) is 13.1 Å².